The van der Waals surface area contributed by atoms with Crippen LogP contribution in [0.4, 0.5) is 0 Å². The largest absolute Gasteiger partial charge is 0.464 e. The summed E-state index contributed by atoms with van der Waals surface area (Å²) in [7, 11) is 0. The van der Waals surface area contributed by atoms with E-state index in [-0.39, 0.29) is 0 Å². The molecule has 0 bridgehead atoms. The van der Waals surface area contributed by atoms with E-state index in [9.17, 15) is 0 Å². The van der Waals surface area contributed by atoms with Gasteiger partial charge in [-0.3, -0.25) is 0 Å². The van der Waals surface area contributed by atoms with Crippen molar-refractivity contribution in [3.8, 4) is 5.69 Å². The van der Waals surface area contributed by atoms with Gasteiger partial charge in [-0.1, -0.05) is 36.4 Å². The Kier molecular flexibility index (Phi) is 2.25. The van der Waals surface area contributed by atoms with Crippen molar-refractivity contribution >= 4 is 32.8 Å². The van der Waals surface area contributed by atoms with Gasteiger partial charge < -0.3 is 8.98 Å². The number of fused-ring (bicyclic) bond motifs is 4. The number of hydrogen-bond acceptors (Lipinski definition) is 1. The molecule has 0 amide bonds. The van der Waals surface area contributed by atoms with Crippen molar-refractivity contribution < 1.29 is 4.42 Å². The van der Waals surface area contributed by atoms with Crippen LogP contribution >= 0.6 is 0 Å². The van der Waals surface area contributed by atoms with Crippen molar-refractivity contribution in [2.24, 2.45) is 0 Å². The van der Waals surface area contributed by atoms with Gasteiger partial charge in [0, 0.05) is 27.9 Å². The molecule has 22 heavy (non-hydrogen) atoms. The van der Waals surface area contributed by atoms with E-state index in [4.69, 9.17) is 4.42 Å². The zero-order valence-electron chi connectivity index (χ0n) is 11.9. The van der Waals surface area contributed by atoms with Crippen LogP contribution in [0.2, 0.25) is 0 Å². The topological polar surface area (TPSA) is 18.1 Å². The van der Waals surface area contributed by atoms with Crippen molar-refractivity contribution in [3.05, 3.63) is 79.1 Å². The fourth-order valence-corrected chi connectivity index (χ4v) is 3.28. The van der Waals surface area contributed by atoms with Crippen LogP contribution in [0, 0.1) is 0 Å². The van der Waals surface area contributed by atoms with E-state index < -0.39 is 0 Å². The summed E-state index contributed by atoms with van der Waals surface area (Å²) < 4.78 is 7.87. The first-order chi connectivity index (χ1) is 10.9. The van der Waals surface area contributed by atoms with E-state index in [1.807, 2.05) is 6.07 Å². The van der Waals surface area contributed by atoms with E-state index >= 15 is 0 Å². The Labute approximate surface area is 127 Å². The molecule has 2 heterocycles. The normalized spacial score (nSPS) is 11.6. The summed E-state index contributed by atoms with van der Waals surface area (Å²) in [6.07, 6.45) is 1.74. The molecular weight excluding hydrogens is 270 g/mol. The van der Waals surface area contributed by atoms with Crippen molar-refractivity contribution in [2.45, 2.75) is 0 Å². The van der Waals surface area contributed by atoms with Gasteiger partial charge in [-0.25, -0.2) is 0 Å². The third-order valence-corrected chi connectivity index (χ3v) is 4.28. The molecule has 0 aliphatic heterocycles. The molecule has 2 heteroatoms. The second-order valence-corrected chi connectivity index (χ2v) is 5.51. The van der Waals surface area contributed by atoms with Crippen LogP contribution in [-0.2, 0) is 0 Å². The Morgan fingerprint density at radius 1 is 0.682 bits per heavy atom. The summed E-state index contributed by atoms with van der Waals surface area (Å²) in [4.78, 5) is 0. The van der Waals surface area contributed by atoms with Crippen LogP contribution in [0.5, 0.6) is 0 Å². The van der Waals surface area contributed by atoms with Gasteiger partial charge in [0.2, 0.25) is 0 Å². The minimum atomic E-state index is 0.916. The average molecular weight is 283 g/mol. The summed E-state index contributed by atoms with van der Waals surface area (Å²) in [6.45, 7) is 0. The summed E-state index contributed by atoms with van der Waals surface area (Å²) in [5, 5.41) is 3.68. The molecule has 0 unspecified atom stereocenters. The lowest BCUT2D eigenvalue weighted by Gasteiger charge is -2.07. The predicted octanol–water partition coefficient (Wildman–Crippen LogP) is 5.53. The van der Waals surface area contributed by atoms with Crippen LogP contribution in [0.15, 0.2) is 83.5 Å². The van der Waals surface area contributed by atoms with Gasteiger partial charge in [-0.2, -0.15) is 0 Å². The average Bonchev–Trinajstić information content (AvgIpc) is 3.16. The van der Waals surface area contributed by atoms with Crippen molar-refractivity contribution in [1.29, 1.82) is 0 Å². The molecule has 0 spiro atoms. The minimum absolute atomic E-state index is 0.916. The van der Waals surface area contributed by atoms with Gasteiger partial charge in [-0.15, -0.1) is 0 Å². The molecule has 0 saturated heterocycles. The number of benzene rings is 3. The highest BCUT2D eigenvalue weighted by Crippen LogP contribution is 2.32. The first kappa shape index (κ1) is 11.6. The van der Waals surface area contributed by atoms with Gasteiger partial charge in [0.1, 0.15) is 5.58 Å². The lowest BCUT2D eigenvalue weighted by molar-refractivity contribution is 0.615. The second kappa shape index (κ2) is 4.25. The predicted molar refractivity (Wildman–Crippen MR) is 90.6 cm³/mol. The first-order valence-electron chi connectivity index (χ1n) is 7.38. The molecule has 0 fully saturated rings. The molecule has 5 aromatic rings. The zero-order valence-corrected chi connectivity index (χ0v) is 11.9. The summed E-state index contributed by atoms with van der Waals surface area (Å²) in [5.41, 5.74) is 4.48. The SMILES string of the molecule is c1ccc2c(c1)c1ccccc1n2-c1ccc2ccoc2c1. The monoisotopic (exact) mass is 283 g/mol. The molecule has 2 aromatic heterocycles. The van der Waals surface area contributed by atoms with Gasteiger partial charge >= 0.3 is 0 Å². The zero-order chi connectivity index (χ0) is 14.5. The molecule has 0 aliphatic carbocycles. The number of rotatable bonds is 1. The molecule has 0 saturated carbocycles. The Morgan fingerprint density at radius 3 is 2.09 bits per heavy atom. The van der Waals surface area contributed by atoms with Crippen LogP contribution in [0.25, 0.3) is 38.5 Å². The Morgan fingerprint density at radius 2 is 1.36 bits per heavy atom. The van der Waals surface area contributed by atoms with E-state index in [0.717, 1.165) is 16.7 Å². The molecule has 0 radical (unpaired) electrons. The van der Waals surface area contributed by atoms with Crippen molar-refractivity contribution in [3.63, 3.8) is 0 Å². The molecular formula is C20H13NO. The fourth-order valence-electron chi connectivity index (χ4n) is 3.28. The van der Waals surface area contributed by atoms with Crippen LogP contribution in [-0.4, -0.2) is 4.57 Å². The number of nitrogens with zero attached hydrogens (tertiary/aromatic N) is 1. The summed E-state index contributed by atoms with van der Waals surface area (Å²) >= 11 is 0. The molecule has 0 N–H and O–H groups in total. The number of aromatic nitrogens is 1. The molecule has 2 nitrogen and oxygen atoms in total. The van der Waals surface area contributed by atoms with E-state index in [0.29, 0.717) is 0 Å². The third-order valence-electron chi connectivity index (χ3n) is 4.28. The van der Waals surface area contributed by atoms with Gasteiger partial charge in [-0.05, 0) is 30.3 Å². The van der Waals surface area contributed by atoms with Crippen LogP contribution < -0.4 is 0 Å². The van der Waals surface area contributed by atoms with Crippen LogP contribution in [0.1, 0.15) is 0 Å². The van der Waals surface area contributed by atoms with Crippen molar-refractivity contribution in [2.75, 3.05) is 0 Å². The number of para-hydroxylation sites is 2. The number of furan rings is 1. The van der Waals surface area contributed by atoms with E-state index in [2.05, 4.69) is 71.3 Å². The lowest BCUT2D eigenvalue weighted by atomic mass is 10.2. The van der Waals surface area contributed by atoms with E-state index in [1.165, 1.54) is 21.8 Å². The van der Waals surface area contributed by atoms with Gasteiger partial charge in [0.15, 0.2) is 0 Å². The van der Waals surface area contributed by atoms with Crippen molar-refractivity contribution in [1.82, 2.24) is 4.57 Å². The minimum Gasteiger partial charge on any atom is -0.464 e. The lowest BCUT2D eigenvalue weighted by Crippen LogP contribution is -1.92. The summed E-state index contributed by atoms with van der Waals surface area (Å²) in [5.74, 6) is 0. The Hall–Kier alpha value is -3.00. The fraction of sp³-hybridized carbons (Fsp3) is 0. The van der Waals surface area contributed by atoms with Crippen LogP contribution in [0.3, 0.4) is 0 Å². The highest BCUT2D eigenvalue weighted by Gasteiger charge is 2.11. The molecule has 0 atom stereocenters. The third kappa shape index (κ3) is 1.49. The molecule has 104 valence electrons. The Balaban J connectivity index is 1.96. The highest BCUT2D eigenvalue weighted by atomic mass is 16.3. The van der Waals surface area contributed by atoms with Gasteiger partial charge in [0.05, 0.1) is 17.3 Å². The molecule has 5 rings (SSSR count). The van der Waals surface area contributed by atoms with E-state index in [1.54, 1.807) is 6.26 Å². The summed E-state index contributed by atoms with van der Waals surface area (Å²) in [6, 6.07) is 25.4. The maximum atomic E-state index is 5.57. The molecule has 3 aromatic carbocycles. The maximum absolute atomic E-state index is 5.57. The van der Waals surface area contributed by atoms with Gasteiger partial charge in [0.25, 0.3) is 0 Å². The highest BCUT2D eigenvalue weighted by molar-refractivity contribution is 6.09. The number of hydrogen-bond donors (Lipinski definition) is 0. The standard InChI is InChI=1S/C20H13NO/c1-3-7-18-16(5-1)17-6-2-4-8-19(17)21(18)15-10-9-14-11-12-22-20(14)13-15/h1-13H. The quantitative estimate of drug-likeness (QED) is 0.395. The first-order valence-corrected chi connectivity index (χ1v) is 7.38. The Bertz CT molecular complexity index is 1080. The molecule has 0 aliphatic rings. The smallest absolute Gasteiger partial charge is 0.135 e. The maximum Gasteiger partial charge on any atom is 0.135 e. The second-order valence-electron chi connectivity index (χ2n) is 5.51.